The molecule has 2 fully saturated rings. The molecule has 0 saturated carbocycles. The van der Waals surface area contributed by atoms with E-state index in [1.807, 2.05) is 64.8 Å². The van der Waals surface area contributed by atoms with Crippen LogP contribution in [0.3, 0.4) is 0 Å². The van der Waals surface area contributed by atoms with E-state index < -0.39 is 5.41 Å². The lowest BCUT2D eigenvalue weighted by atomic mass is 9.78. The summed E-state index contributed by atoms with van der Waals surface area (Å²) in [5.74, 6) is 0.532. The number of carbonyl (C=O) groups excluding carboxylic acids is 2. The predicted octanol–water partition coefficient (Wildman–Crippen LogP) is 3.22. The summed E-state index contributed by atoms with van der Waals surface area (Å²) in [6.07, 6.45) is 8.39. The Morgan fingerprint density at radius 3 is 2.63 bits per heavy atom. The topological polar surface area (TPSA) is 67.2 Å². The van der Waals surface area contributed by atoms with Crippen molar-refractivity contribution < 1.29 is 14.3 Å². The van der Waals surface area contributed by atoms with Gasteiger partial charge in [-0.2, -0.15) is 0 Å². The fourth-order valence-electron chi connectivity index (χ4n) is 5.38. The third-order valence-corrected chi connectivity index (χ3v) is 7.57. The molecule has 0 aliphatic carbocycles. The fraction of sp³-hybridized carbons (Fsp3) is 0.464. The molecule has 2 aromatic heterocycles. The third kappa shape index (κ3) is 5.25. The molecule has 7 nitrogen and oxygen atoms in total. The van der Waals surface area contributed by atoms with E-state index in [0.717, 1.165) is 23.2 Å². The van der Waals surface area contributed by atoms with Gasteiger partial charge in [0.25, 0.3) is 0 Å². The van der Waals surface area contributed by atoms with Gasteiger partial charge in [-0.3, -0.25) is 14.6 Å². The Morgan fingerprint density at radius 1 is 1.03 bits per heavy atom. The molecule has 2 aliphatic heterocycles. The molecule has 0 bridgehead atoms. The molecule has 5 rings (SSSR count). The van der Waals surface area contributed by atoms with Gasteiger partial charge in [0.1, 0.15) is 0 Å². The quantitative estimate of drug-likeness (QED) is 0.570. The van der Waals surface area contributed by atoms with Crippen LogP contribution in [0.5, 0.6) is 0 Å². The number of carbonyl (C=O) groups is 2. The molecule has 0 unspecified atom stereocenters. The maximum atomic E-state index is 13.7. The molecular weight excluding hydrogens is 440 g/mol. The molecule has 0 radical (unpaired) electrons. The van der Waals surface area contributed by atoms with Crippen molar-refractivity contribution in [1.82, 2.24) is 19.2 Å². The minimum absolute atomic E-state index is 0.140. The Balaban J connectivity index is 1.20. The van der Waals surface area contributed by atoms with E-state index >= 15 is 0 Å². The zero-order valence-electron chi connectivity index (χ0n) is 20.4. The normalized spacial score (nSPS) is 20.5. The van der Waals surface area contributed by atoms with Crippen LogP contribution in [0.25, 0.3) is 5.52 Å². The van der Waals surface area contributed by atoms with Crippen LogP contribution >= 0.6 is 0 Å². The average molecular weight is 475 g/mol. The maximum absolute atomic E-state index is 13.7. The highest BCUT2D eigenvalue weighted by molar-refractivity contribution is 5.83. The number of hydrogen-bond donors (Lipinski definition) is 0. The summed E-state index contributed by atoms with van der Waals surface area (Å²) < 4.78 is 7.98. The first-order valence-corrected chi connectivity index (χ1v) is 12.6. The summed E-state index contributed by atoms with van der Waals surface area (Å²) in [5, 5.41) is 0. The van der Waals surface area contributed by atoms with E-state index in [4.69, 9.17) is 4.74 Å². The van der Waals surface area contributed by atoms with Gasteiger partial charge < -0.3 is 18.9 Å². The molecule has 2 saturated heterocycles. The molecule has 2 aliphatic rings. The predicted molar refractivity (Wildman–Crippen MR) is 134 cm³/mol. The van der Waals surface area contributed by atoms with Gasteiger partial charge in [-0.25, -0.2) is 0 Å². The number of ether oxygens (including phenoxy) is 1. The van der Waals surface area contributed by atoms with Crippen molar-refractivity contribution in [3.63, 3.8) is 0 Å². The molecule has 1 atom stereocenters. The van der Waals surface area contributed by atoms with Gasteiger partial charge in [0.15, 0.2) is 0 Å². The molecular formula is C28H34N4O3. The Labute approximate surface area is 206 Å². The smallest absolute Gasteiger partial charge is 0.228 e. The zero-order chi connectivity index (χ0) is 24.3. The van der Waals surface area contributed by atoms with E-state index in [9.17, 15) is 9.59 Å². The van der Waals surface area contributed by atoms with Crippen LogP contribution in [-0.4, -0.2) is 70.4 Å². The van der Waals surface area contributed by atoms with Gasteiger partial charge in [-0.15, -0.1) is 0 Å². The van der Waals surface area contributed by atoms with Crippen molar-refractivity contribution >= 4 is 17.3 Å². The Hall–Kier alpha value is -3.19. The fourth-order valence-corrected chi connectivity index (χ4v) is 5.38. The molecule has 35 heavy (non-hydrogen) atoms. The van der Waals surface area contributed by atoms with Crippen LogP contribution in [0, 0.1) is 11.3 Å². The van der Waals surface area contributed by atoms with E-state index in [1.54, 1.807) is 0 Å². The van der Waals surface area contributed by atoms with E-state index in [-0.39, 0.29) is 17.7 Å². The minimum atomic E-state index is -0.446. The third-order valence-electron chi connectivity index (χ3n) is 7.57. The number of amides is 2. The number of rotatable bonds is 5. The summed E-state index contributed by atoms with van der Waals surface area (Å²) in [5.41, 5.74) is 2.73. The zero-order valence-corrected chi connectivity index (χ0v) is 20.4. The Bertz CT molecular complexity index is 1170. The van der Waals surface area contributed by atoms with E-state index in [1.165, 1.54) is 0 Å². The highest BCUT2D eigenvalue weighted by Gasteiger charge is 2.41. The maximum Gasteiger partial charge on any atom is 0.228 e. The lowest BCUT2D eigenvalue weighted by Crippen LogP contribution is -2.51. The van der Waals surface area contributed by atoms with Crippen molar-refractivity contribution in [2.24, 2.45) is 11.3 Å². The molecule has 4 heterocycles. The number of piperidine rings is 1. The van der Waals surface area contributed by atoms with E-state index in [0.29, 0.717) is 58.7 Å². The van der Waals surface area contributed by atoms with Gasteiger partial charge in [0.05, 0.1) is 30.8 Å². The Kier molecular flexibility index (Phi) is 6.86. The van der Waals surface area contributed by atoms with Crippen molar-refractivity contribution in [3.8, 4) is 0 Å². The molecule has 0 spiro atoms. The summed E-state index contributed by atoms with van der Waals surface area (Å²) in [6.45, 7) is 5.80. The van der Waals surface area contributed by atoms with Gasteiger partial charge in [-0.1, -0.05) is 37.3 Å². The van der Waals surface area contributed by atoms with Gasteiger partial charge >= 0.3 is 0 Å². The van der Waals surface area contributed by atoms with Crippen molar-refractivity contribution in [2.75, 3.05) is 39.4 Å². The number of benzene rings is 1. The SMILES string of the molecule is CC1(C(=O)N2CCOC[C@@H](Cc3nccn4cccc34)C2)CCN(C(=O)Cc2ccccc2)CC1. The molecule has 3 aromatic rings. The number of likely N-dealkylation sites (tertiary alicyclic amines) is 1. The number of hydrogen-bond acceptors (Lipinski definition) is 4. The van der Waals surface area contributed by atoms with Crippen molar-refractivity contribution in [1.29, 1.82) is 0 Å². The van der Waals surface area contributed by atoms with Gasteiger partial charge in [0.2, 0.25) is 11.8 Å². The molecule has 1 aromatic carbocycles. The van der Waals surface area contributed by atoms with Gasteiger partial charge in [-0.05, 0) is 37.0 Å². The highest BCUT2D eigenvalue weighted by atomic mass is 16.5. The summed E-state index contributed by atoms with van der Waals surface area (Å²) >= 11 is 0. The second kappa shape index (κ2) is 10.2. The lowest BCUT2D eigenvalue weighted by Gasteiger charge is -2.41. The standard InChI is InChI=1S/C28H34N4O3/c1-28(9-13-31(14-10-28)26(33)19-22-6-3-2-4-7-22)27(34)32-16-17-35-21-23(20-32)18-24-25-8-5-12-30(25)15-11-29-24/h2-8,11-12,15,23H,9-10,13-14,16-21H2,1H3/t23-/m0/s1. The second-order valence-electron chi connectivity index (χ2n) is 10.2. The van der Waals surface area contributed by atoms with Crippen LogP contribution in [0.1, 0.15) is 31.0 Å². The van der Waals surface area contributed by atoms with Crippen LogP contribution in [0.15, 0.2) is 61.1 Å². The monoisotopic (exact) mass is 474 g/mol. The lowest BCUT2D eigenvalue weighted by molar-refractivity contribution is -0.147. The van der Waals surface area contributed by atoms with Gasteiger partial charge in [0, 0.05) is 56.1 Å². The second-order valence-corrected chi connectivity index (χ2v) is 10.2. The minimum Gasteiger partial charge on any atom is -0.379 e. The van der Waals surface area contributed by atoms with Crippen LogP contribution in [-0.2, 0) is 27.2 Å². The first-order valence-electron chi connectivity index (χ1n) is 12.6. The van der Waals surface area contributed by atoms with E-state index in [2.05, 4.69) is 22.4 Å². The number of nitrogens with zero attached hydrogens (tertiary/aromatic N) is 4. The molecule has 2 amide bonds. The average Bonchev–Trinajstić information content (AvgIpc) is 3.24. The summed E-state index contributed by atoms with van der Waals surface area (Å²) in [4.78, 5) is 35.0. The van der Waals surface area contributed by atoms with Crippen LogP contribution < -0.4 is 0 Å². The van der Waals surface area contributed by atoms with Crippen LogP contribution in [0.4, 0.5) is 0 Å². The highest BCUT2D eigenvalue weighted by Crippen LogP contribution is 2.34. The molecule has 184 valence electrons. The Morgan fingerprint density at radius 2 is 1.83 bits per heavy atom. The van der Waals surface area contributed by atoms with Crippen molar-refractivity contribution in [3.05, 3.63) is 72.3 Å². The number of aromatic nitrogens is 2. The van der Waals surface area contributed by atoms with Crippen molar-refractivity contribution in [2.45, 2.75) is 32.6 Å². The summed E-state index contributed by atoms with van der Waals surface area (Å²) in [7, 11) is 0. The number of fused-ring (bicyclic) bond motifs is 1. The first kappa shape index (κ1) is 23.5. The molecule has 7 heteroatoms. The summed E-state index contributed by atoms with van der Waals surface area (Å²) in [6, 6.07) is 14.0. The first-order chi connectivity index (χ1) is 17.0. The van der Waals surface area contributed by atoms with Crippen LogP contribution in [0.2, 0.25) is 0 Å². The molecule has 0 N–H and O–H groups in total. The largest absolute Gasteiger partial charge is 0.379 e.